The molecule has 0 radical (unpaired) electrons. The number of hydrogen-bond donors (Lipinski definition) is 0. The summed E-state index contributed by atoms with van der Waals surface area (Å²) in [7, 11) is 4.64. The van der Waals surface area contributed by atoms with Crippen LogP contribution in [0.15, 0.2) is 65.1 Å². The number of rotatable bonds is 3. The van der Waals surface area contributed by atoms with Gasteiger partial charge in [0.05, 0.1) is 5.69 Å². The van der Waals surface area contributed by atoms with Crippen LogP contribution in [-0.4, -0.2) is 4.98 Å². The van der Waals surface area contributed by atoms with Gasteiger partial charge < -0.3 is 19.3 Å². The van der Waals surface area contributed by atoms with E-state index < -0.39 is 0 Å². The zero-order chi connectivity index (χ0) is 22.1. The van der Waals surface area contributed by atoms with E-state index in [1.54, 1.807) is 0 Å². The van der Waals surface area contributed by atoms with Gasteiger partial charge in [-0.2, -0.15) is 0 Å². The number of halogens is 1. The van der Waals surface area contributed by atoms with Gasteiger partial charge in [-0.1, -0.05) is 50.2 Å². The first-order chi connectivity index (χ1) is 15.0. The normalized spacial score (nSPS) is 10.6. The van der Waals surface area contributed by atoms with Gasteiger partial charge in [-0.05, 0) is 67.0 Å². The third-order valence-corrected chi connectivity index (χ3v) is 5.55. The number of aromatic nitrogens is 1. The van der Waals surface area contributed by atoms with E-state index in [0.717, 1.165) is 45.3 Å². The van der Waals surface area contributed by atoms with Crippen LogP contribution in [0.3, 0.4) is 0 Å². The molecule has 0 atom stereocenters. The molecule has 5 aromatic rings. The molecule has 0 bridgehead atoms. The standard InChI is InChI=1S/C27H25NO.2CH3.ClH.Ir/c1-16(2)11-19-9-10-21-20(15-19)14-18(4)28-26(21)24-13-17(3)12-23-22-7-5-6-8-25(22)29-27(23)24;;;;/h5-10,12-16H,11H2,1-4H3;2*1H3;1H;/q;2*-1;;+3/p-1. The molecule has 33 heavy (non-hydrogen) atoms. The Hall–Kier alpha value is -2.19. The zero-order valence-corrected chi connectivity index (χ0v) is 23.3. The quantitative estimate of drug-likeness (QED) is 0.185. The molecule has 2 nitrogen and oxygen atoms in total. The van der Waals surface area contributed by atoms with E-state index in [9.17, 15) is 0 Å². The van der Waals surface area contributed by atoms with Gasteiger partial charge in [0, 0.05) is 27.4 Å². The number of furan rings is 1. The van der Waals surface area contributed by atoms with Gasteiger partial charge in [-0.25, -0.2) is 0 Å². The predicted octanol–water partition coefficient (Wildman–Crippen LogP) is 9.20. The van der Waals surface area contributed by atoms with Gasteiger partial charge in [0.1, 0.15) is 11.2 Å². The summed E-state index contributed by atoms with van der Waals surface area (Å²) < 4.78 is 6.32. The fraction of sp³-hybridized carbons (Fsp3) is 0.207. The molecule has 0 aliphatic carbocycles. The summed E-state index contributed by atoms with van der Waals surface area (Å²) in [6.45, 7) is 8.74. The molecular formula is C29H31ClIrNO. The number of para-hydroxylation sites is 1. The average Bonchev–Trinajstić information content (AvgIpc) is 3.12. The Morgan fingerprint density at radius 3 is 2.33 bits per heavy atom. The topological polar surface area (TPSA) is 26.0 Å². The number of hydrogen-bond acceptors (Lipinski definition) is 2. The van der Waals surface area contributed by atoms with Crippen molar-refractivity contribution < 1.29 is 22.3 Å². The summed E-state index contributed by atoms with van der Waals surface area (Å²) in [6, 6.07) is 21.6. The molecule has 5 rings (SSSR count). The van der Waals surface area contributed by atoms with Crippen LogP contribution in [0.4, 0.5) is 0 Å². The van der Waals surface area contributed by atoms with Gasteiger partial charge >= 0.3 is 27.5 Å². The Labute approximate surface area is 212 Å². The van der Waals surface area contributed by atoms with Crippen LogP contribution in [0, 0.1) is 34.6 Å². The van der Waals surface area contributed by atoms with Crippen LogP contribution in [0.25, 0.3) is 44.0 Å². The van der Waals surface area contributed by atoms with Gasteiger partial charge in [0.2, 0.25) is 0 Å². The molecular weight excluding hydrogens is 606 g/mol. The Morgan fingerprint density at radius 2 is 1.61 bits per heavy atom. The molecule has 0 N–H and O–H groups in total. The molecule has 0 saturated heterocycles. The van der Waals surface area contributed by atoms with E-state index in [1.165, 1.54) is 39.8 Å². The number of fused-ring (bicyclic) bond motifs is 4. The number of nitrogens with zero attached hydrogens (tertiary/aromatic N) is 1. The summed E-state index contributed by atoms with van der Waals surface area (Å²) in [5, 5.41) is 4.74. The molecule has 0 saturated carbocycles. The van der Waals surface area contributed by atoms with Crippen LogP contribution in [0.2, 0.25) is 0 Å². The van der Waals surface area contributed by atoms with Crippen LogP contribution >= 0.6 is 9.58 Å². The molecule has 0 unspecified atom stereocenters. The van der Waals surface area contributed by atoms with E-state index in [1.807, 2.05) is 12.1 Å². The first-order valence-corrected chi connectivity index (χ1v) is 13.4. The molecule has 4 heteroatoms. The number of aryl methyl sites for hydroxylation is 2. The number of pyridine rings is 1. The summed E-state index contributed by atoms with van der Waals surface area (Å²) in [5.74, 6) is 0.641. The second kappa shape index (κ2) is 11.3. The Balaban J connectivity index is 0.000000939. The Morgan fingerprint density at radius 1 is 0.879 bits per heavy atom. The van der Waals surface area contributed by atoms with Crippen molar-refractivity contribution >= 4 is 42.3 Å². The van der Waals surface area contributed by atoms with E-state index in [4.69, 9.17) is 9.40 Å². The molecule has 3 aromatic carbocycles. The SMILES string of the molecule is Cc1cc(-c2nc(C)cc3cc(CC(C)C)ccc23)c2oc3ccccc3c2c1.[CH3-].[CH3-].[Cl][Ir+2]. The molecule has 0 fully saturated rings. The van der Waals surface area contributed by atoms with Crippen molar-refractivity contribution in [1.29, 1.82) is 0 Å². The van der Waals surface area contributed by atoms with Crippen LogP contribution < -0.4 is 0 Å². The summed E-state index contributed by atoms with van der Waals surface area (Å²) in [4.78, 5) is 4.96. The third kappa shape index (κ3) is 5.32. The molecule has 2 heterocycles. The van der Waals surface area contributed by atoms with Crippen molar-refractivity contribution in [3.05, 3.63) is 92.3 Å². The first kappa shape index (κ1) is 27.1. The molecule has 0 aliphatic heterocycles. The summed E-state index contributed by atoms with van der Waals surface area (Å²) in [5.41, 5.74) is 7.53. The fourth-order valence-electron chi connectivity index (χ4n) is 4.39. The summed E-state index contributed by atoms with van der Waals surface area (Å²) >= 11 is 1.47. The van der Waals surface area contributed by atoms with Crippen LogP contribution in [0.1, 0.15) is 30.7 Å². The summed E-state index contributed by atoms with van der Waals surface area (Å²) in [6.07, 6.45) is 1.09. The minimum absolute atomic E-state index is 0. The Bertz CT molecular complexity index is 1390. The number of benzene rings is 3. The van der Waals surface area contributed by atoms with Crippen molar-refractivity contribution in [2.45, 2.75) is 34.1 Å². The van der Waals surface area contributed by atoms with Crippen molar-refractivity contribution in [3.8, 4) is 11.3 Å². The van der Waals surface area contributed by atoms with Crippen LogP contribution in [-0.2, 0) is 24.3 Å². The maximum absolute atomic E-state index is 6.32. The zero-order valence-electron chi connectivity index (χ0n) is 20.1. The van der Waals surface area contributed by atoms with Crippen LogP contribution in [0.5, 0.6) is 0 Å². The van der Waals surface area contributed by atoms with Crippen molar-refractivity contribution in [1.82, 2.24) is 4.98 Å². The van der Waals surface area contributed by atoms with E-state index >= 15 is 0 Å². The fourth-order valence-corrected chi connectivity index (χ4v) is 4.39. The van der Waals surface area contributed by atoms with Crippen molar-refractivity contribution in [2.24, 2.45) is 5.92 Å². The van der Waals surface area contributed by atoms with Gasteiger partial charge in [0.25, 0.3) is 0 Å². The first-order valence-electron chi connectivity index (χ1n) is 10.4. The molecule has 0 aliphatic rings. The molecule has 174 valence electrons. The predicted molar refractivity (Wildman–Crippen MR) is 141 cm³/mol. The Kier molecular flexibility index (Phi) is 9.26. The monoisotopic (exact) mass is 637 g/mol. The average molecular weight is 637 g/mol. The second-order valence-corrected chi connectivity index (χ2v) is 8.55. The molecule has 0 spiro atoms. The minimum atomic E-state index is 0. The van der Waals surface area contributed by atoms with E-state index in [0.29, 0.717) is 5.92 Å². The second-order valence-electron chi connectivity index (χ2n) is 8.55. The van der Waals surface area contributed by atoms with Gasteiger partial charge in [0.15, 0.2) is 0 Å². The van der Waals surface area contributed by atoms with E-state index in [-0.39, 0.29) is 14.9 Å². The molecule has 0 amide bonds. The van der Waals surface area contributed by atoms with Gasteiger partial charge in [-0.3, -0.25) is 4.98 Å². The van der Waals surface area contributed by atoms with E-state index in [2.05, 4.69) is 85.8 Å². The third-order valence-electron chi connectivity index (χ3n) is 5.55. The maximum atomic E-state index is 6.32. The molecule has 2 aromatic heterocycles. The van der Waals surface area contributed by atoms with Gasteiger partial charge in [-0.15, -0.1) is 0 Å². The van der Waals surface area contributed by atoms with Crippen molar-refractivity contribution in [3.63, 3.8) is 0 Å². The van der Waals surface area contributed by atoms with Crippen molar-refractivity contribution in [2.75, 3.05) is 0 Å².